The molecule has 2 nitrogen and oxygen atoms in total. The maximum absolute atomic E-state index is 12.0. The first-order valence-electron chi connectivity index (χ1n) is 6.75. The second-order valence-corrected chi connectivity index (χ2v) is 7.46. The second-order valence-electron chi connectivity index (χ2n) is 7.46. The molecule has 2 atom stereocenters. The van der Waals surface area contributed by atoms with Crippen molar-refractivity contribution in [3.05, 3.63) is 0 Å². The SMILES string of the molecule is CC(C)(C)C(=O)C[C@H]1C[C@H](C(C)(C)C)CCO1. The van der Waals surface area contributed by atoms with E-state index in [-0.39, 0.29) is 11.5 Å². The lowest BCUT2D eigenvalue weighted by atomic mass is 9.74. The summed E-state index contributed by atoms with van der Waals surface area (Å²) in [5.74, 6) is 0.992. The van der Waals surface area contributed by atoms with Gasteiger partial charge in [0.15, 0.2) is 0 Å². The molecule has 17 heavy (non-hydrogen) atoms. The number of ketones is 1. The molecule has 0 saturated carbocycles. The van der Waals surface area contributed by atoms with E-state index < -0.39 is 0 Å². The van der Waals surface area contributed by atoms with Crippen LogP contribution in [0.1, 0.15) is 60.8 Å². The zero-order chi connectivity index (χ0) is 13.3. The van der Waals surface area contributed by atoms with Gasteiger partial charge in [-0.25, -0.2) is 0 Å². The first-order valence-corrected chi connectivity index (χ1v) is 6.75. The topological polar surface area (TPSA) is 26.3 Å². The molecule has 1 heterocycles. The molecule has 0 amide bonds. The number of ether oxygens (including phenoxy) is 1. The smallest absolute Gasteiger partial charge is 0.140 e. The molecule has 0 N–H and O–H groups in total. The first kappa shape index (κ1) is 14.7. The molecule has 0 unspecified atom stereocenters. The van der Waals surface area contributed by atoms with Crippen molar-refractivity contribution in [2.24, 2.45) is 16.7 Å². The Morgan fingerprint density at radius 2 is 1.76 bits per heavy atom. The summed E-state index contributed by atoms with van der Waals surface area (Å²) in [4.78, 5) is 12.0. The Morgan fingerprint density at radius 1 is 1.18 bits per heavy atom. The number of hydrogen-bond donors (Lipinski definition) is 0. The molecule has 0 spiro atoms. The second kappa shape index (κ2) is 5.09. The van der Waals surface area contributed by atoms with Gasteiger partial charge >= 0.3 is 0 Å². The lowest BCUT2D eigenvalue weighted by Gasteiger charge is -2.38. The highest BCUT2D eigenvalue weighted by Gasteiger charge is 2.33. The number of hydrogen-bond acceptors (Lipinski definition) is 2. The highest BCUT2D eigenvalue weighted by Crippen LogP contribution is 2.37. The van der Waals surface area contributed by atoms with Crippen LogP contribution >= 0.6 is 0 Å². The van der Waals surface area contributed by atoms with E-state index in [0.717, 1.165) is 19.4 Å². The molecular weight excluding hydrogens is 212 g/mol. The first-order chi connectivity index (χ1) is 7.60. The van der Waals surface area contributed by atoms with Crippen LogP contribution in [0, 0.1) is 16.7 Å². The van der Waals surface area contributed by atoms with Gasteiger partial charge in [0.25, 0.3) is 0 Å². The third-order valence-electron chi connectivity index (χ3n) is 3.84. The minimum absolute atomic E-state index is 0.139. The third-order valence-corrected chi connectivity index (χ3v) is 3.84. The summed E-state index contributed by atoms with van der Waals surface area (Å²) in [6.07, 6.45) is 2.88. The van der Waals surface area contributed by atoms with Gasteiger partial charge in [0.05, 0.1) is 6.10 Å². The van der Waals surface area contributed by atoms with Crippen molar-refractivity contribution in [3.63, 3.8) is 0 Å². The maximum Gasteiger partial charge on any atom is 0.140 e. The Kier molecular flexibility index (Phi) is 4.40. The summed E-state index contributed by atoms with van der Waals surface area (Å²) in [5, 5.41) is 0. The zero-order valence-electron chi connectivity index (χ0n) is 12.3. The van der Waals surface area contributed by atoms with Crippen LogP contribution in [0.15, 0.2) is 0 Å². The van der Waals surface area contributed by atoms with E-state index in [1.807, 2.05) is 20.8 Å². The number of carbonyl (C=O) groups excluding carboxylic acids is 1. The van der Waals surface area contributed by atoms with Crippen molar-refractivity contribution in [1.29, 1.82) is 0 Å². The van der Waals surface area contributed by atoms with Crippen LogP contribution in [0.4, 0.5) is 0 Å². The predicted molar refractivity (Wildman–Crippen MR) is 71.0 cm³/mol. The van der Waals surface area contributed by atoms with E-state index in [9.17, 15) is 4.79 Å². The normalized spacial score (nSPS) is 26.9. The van der Waals surface area contributed by atoms with Crippen LogP contribution in [0.25, 0.3) is 0 Å². The Hall–Kier alpha value is -0.370. The summed E-state index contributed by atoms with van der Waals surface area (Å²) >= 11 is 0. The number of Topliss-reactive ketones (excluding diaryl/α,β-unsaturated/α-hetero) is 1. The van der Waals surface area contributed by atoms with Gasteiger partial charge in [0.1, 0.15) is 5.78 Å². The van der Waals surface area contributed by atoms with E-state index in [1.165, 1.54) is 0 Å². The summed E-state index contributed by atoms with van der Waals surface area (Å²) in [6, 6.07) is 0. The van der Waals surface area contributed by atoms with Crippen molar-refractivity contribution >= 4 is 5.78 Å². The lowest BCUT2D eigenvalue weighted by Crippen LogP contribution is -2.36. The largest absolute Gasteiger partial charge is 0.378 e. The molecule has 2 heteroatoms. The molecule has 0 aromatic rings. The summed E-state index contributed by atoms with van der Waals surface area (Å²) in [6.45, 7) is 13.6. The van der Waals surface area contributed by atoms with Crippen LogP contribution in [0.2, 0.25) is 0 Å². The average Bonchev–Trinajstić information content (AvgIpc) is 2.15. The standard InChI is InChI=1S/C15H28O2/c1-14(2,3)11-7-8-17-12(9-11)10-13(16)15(4,5)6/h11-12H,7-10H2,1-6H3/t11-,12-/m1/s1. The van der Waals surface area contributed by atoms with Gasteiger partial charge in [-0.05, 0) is 24.2 Å². The van der Waals surface area contributed by atoms with Crippen molar-refractivity contribution < 1.29 is 9.53 Å². The molecule has 1 saturated heterocycles. The molecule has 0 aliphatic carbocycles. The minimum Gasteiger partial charge on any atom is -0.378 e. The Bertz CT molecular complexity index is 268. The van der Waals surface area contributed by atoms with Crippen molar-refractivity contribution in [3.8, 4) is 0 Å². The van der Waals surface area contributed by atoms with Gasteiger partial charge in [0, 0.05) is 18.4 Å². The van der Waals surface area contributed by atoms with Crippen LogP contribution in [-0.2, 0) is 9.53 Å². The summed E-state index contributed by atoms with van der Waals surface area (Å²) in [7, 11) is 0. The monoisotopic (exact) mass is 240 g/mol. The van der Waals surface area contributed by atoms with Gasteiger partial charge in [0.2, 0.25) is 0 Å². The van der Waals surface area contributed by atoms with E-state index in [0.29, 0.717) is 23.5 Å². The molecule has 1 rings (SSSR count). The summed E-state index contributed by atoms with van der Waals surface area (Å²) in [5.41, 5.74) is 0.0881. The molecule has 1 aliphatic rings. The minimum atomic E-state index is -0.238. The molecule has 0 aromatic carbocycles. The molecule has 1 fully saturated rings. The number of rotatable bonds is 2. The molecule has 1 aliphatic heterocycles. The number of carbonyl (C=O) groups is 1. The van der Waals surface area contributed by atoms with E-state index in [4.69, 9.17) is 4.74 Å². The van der Waals surface area contributed by atoms with E-state index in [1.54, 1.807) is 0 Å². The average molecular weight is 240 g/mol. The van der Waals surface area contributed by atoms with Gasteiger partial charge < -0.3 is 4.74 Å². The Balaban J connectivity index is 2.54. The van der Waals surface area contributed by atoms with Crippen molar-refractivity contribution in [1.82, 2.24) is 0 Å². The fourth-order valence-corrected chi connectivity index (χ4v) is 2.32. The Morgan fingerprint density at radius 3 is 2.24 bits per heavy atom. The lowest BCUT2D eigenvalue weighted by molar-refractivity contribution is -0.131. The van der Waals surface area contributed by atoms with Crippen LogP contribution < -0.4 is 0 Å². The Labute approximate surface area is 106 Å². The molecule has 0 aromatic heterocycles. The highest BCUT2D eigenvalue weighted by molar-refractivity contribution is 5.84. The van der Waals surface area contributed by atoms with Crippen LogP contribution in [0.5, 0.6) is 0 Å². The quantitative estimate of drug-likeness (QED) is 0.733. The van der Waals surface area contributed by atoms with Crippen molar-refractivity contribution in [2.45, 2.75) is 66.9 Å². The summed E-state index contributed by atoms with van der Waals surface area (Å²) < 4.78 is 5.75. The van der Waals surface area contributed by atoms with E-state index in [2.05, 4.69) is 20.8 Å². The predicted octanol–water partition coefficient (Wildman–Crippen LogP) is 3.83. The van der Waals surface area contributed by atoms with Gasteiger partial charge in [-0.2, -0.15) is 0 Å². The molecule has 100 valence electrons. The zero-order valence-corrected chi connectivity index (χ0v) is 12.3. The third kappa shape index (κ3) is 4.42. The highest BCUT2D eigenvalue weighted by atomic mass is 16.5. The molecular formula is C15H28O2. The van der Waals surface area contributed by atoms with Gasteiger partial charge in [-0.3, -0.25) is 4.79 Å². The fraction of sp³-hybridized carbons (Fsp3) is 0.933. The van der Waals surface area contributed by atoms with E-state index >= 15 is 0 Å². The van der Waals surface area contributed by atoms with Crippen LogP contribution in [0.3, 0.4) is 0 Å². The molecule has 0 radical (unpaired) electrons. The maximum atomic E-state index is 12.0. The van der Waals surface area contributed by atoms with Crippen LogP contribution in [-0.4, -0.2) is 18.5 Å². The molecule has 0 bridgehead atoms. The fourth-order valence-electron chi connectivity index (χ4n) is 2.32. The van der Waals surface area contributed by atoms with Crippen molar-refractivity contribution in [2.75, 3.05) is 6.61 Å². The van der Waals surface area contributed by atoms with Gasteiger partial charge in [-0.1, -0.05) is 41.5 Å². The van der Waals surface area contributed by atoms with Gasteiger partial charge in [-0.15, -0.1) is 0 Å².